The highest BCUT2D eigenvalue weighted by Crippen LogP contribution is 2.40. The van der Waals surface area contributed by atoms with E-state index in [1.54, 1.807) is 0 Å². The molecule has 0 bridgehead atoms. The predicted molar refractivity (Wildman–Crippen MR) is 87.2 cm³/mol. The van der Waals surface area contributed by atoms with E-state index in [2.05, 4.69) is 15.2 Å². The van der Waals surface area contributed by atoms with Gasteiger partial charge in [-0.1, -0.05) is 0 Å². The van der Waals surface area contributed by atoms with Crippen LogP contribution in [-0.4, -0.2) is 22.1 Å². The highest BCUT2D eigenvalue weighted by Gasteiger charge is 2.37. The minimum absolute atomic E-state index is 0.0620. The van der Waals surface area contributed by atoms with Crippen molar-refractivity contribution in [2.24, 2.45) is 0 Å². The standard InChI is InChI=1S/C17H13F6N3O3/c18-16(19,20)12-7-13(9-1-2-9)25-26(15(12)28)8-14(27)24-10-3-5-11(6-4-10)29-17(21,22)23/h3-7,9H,1-2,8H2,(H,24,27). The van der Waals surface area contributed by atoms with Gasteiger partial charge in [-0.05, 0) is 43.2 Å². The molecule has 0 atom stereocenters. The summed E-state index contributed by atoms with van der Waals surface area (Å²) in [5.41, 5.74) is -2.72. The fraction of sp³-hybridized carbons (Fsp3) is 0.353. The highest BCUT2D eigenvalue weighted by atomic mass is 19.4. The minimum atomic E-state index is -4.89. The average Bonchev–Trinajstić information content (AvgIpc) is 3.41. The van der Waals surface area contributed by atoms with E-state index < -0.39 is 41.9 Å². The molecule has 0 spiro atoms. The minimum Gasteiger partial charge on any atom is -0.406 e. The summed E-state index contributed by atoms with van der Waals surface area (Å²) in [6.07, 6.45) is -8.49. The number of aromatic nitrogens is 2. The molecule has 1 aliphatic carbocycles. The molecule has 1 aromatic heterocycles. The van der Waals surface area contributed by atoms with Crippen LogP contribution in [0.2, 0.25) is 0 Å². The molecule has 1 heterocycles. The van der Waals surface area contributed by atoms with Crippen LogP contribution in [0.3, 0.4) is 0 Å². The molecule has 1 aromatic carbocycles. The number of ether oxygens (including phenoxy) is 1. The van der Waals surface area contributed by atoms with E-state index in [-0.39, 0.29) is 17.3 Å². The van der Waals surface area contributed by atoms with Crippen LogP contribution in [0.4, 0.5) is 32.0 Å². The molecule has 1 aliphatic rings. The van der Waals surface area contributed by atoms with Gasteiger partial charge in [0.1, 0.15) is 17.9 Å². The van der Waals surface area contributed by atoms with Gasteiger partial charge in [0.2, 0.25) is 5.91 Å². The quantitative estimate of drug-likeness (QED) is 0.748. The number of nitrogens with zero attached hydrogens (tertiary/aromatic N) is 2. The Bertz CT molecular complexity index is 962. The topological polar surface area (TPSA) is 73.2 Å². The Balaban J connectivity index is 1.75. The Morgan fingerprint density at radius 3 is 2.28 bits per heavy atom. The number of hydrogen-bond acceptors (Lipinski definition) is 4. The fourth-order valence-corrected chi connectivity index (χ4v) is 2.53. The zero-order valence-corrected chi connectivity index (χ0v) is 14.5. The van der Waals surface area contributed by atoms with Crippen molar-refractivity contribution in [2.45, 2.75) is 37.8 Å². The number of carbonyl (C=O) groups excluding carboxylic acids is 1. The summed E-state index contributed by atoms with van der Waals surface area (Å²) in [5, 5.41) is 6.12. The van der Waals surface area contributed by atoms with E-state index in [1.807, 2.05) is 0 Å². The lowest BCUT2D eigenvalue weighted by Crippen LogP contribution is -2.35. The van der Waals surface area contributed by atoms with Gasteiger partial charge in [0.15, 0.2) is 0 Å². The van der Waals surface area contributed by atoms with Gasteiger partial charge in [-0.15, -0.1) is 13.2 Å². The maximum atomic E-state index is 13.1. The first-order valence-electron chi connectivity index (χ1n) is 8.27. The third-order valence-electron chi connectivity index (χ3n) is 3.96. The second kappa shape index (κ2) is 7.41. The normalized spacial score (nSPS) is 14.6. The number of hydrogen-bond donors (Lipinski definition) is 1. The number of rotatable bonds is 5. The number of amides is 1. The van der Waals surface area contributed by atoms with E-state index in [9.17, 15) is 35.9 Å². The van der Waals surface area contributed by atoms with E-state index in [0.717, 1.165) is 24.3 Å². The van der Waals surface area contributed by atoms with Crippen LogP contribution in [-0.2, 0) is 17.5 Å². The largest absolute Gasteiger partial charge is 0.573 e. The summed E-state index contributed by atoms with van der Waals surface area (Å²) in [5.74, 6) is -1.57. The SMILES string of the molecule is O=C(Cn1nc(C2CC2)cc(C(F)(F)F)c1=O)Nc1ccc(OC(F)(F)F)cc1. The number of anilines is 1. The van der Waals surface area contributed by atoms with Gasteiger partial charge in [-0.2, -0.15) is 18.3 Å². The van der Waals surface area contributed by atoms with Crippen LogP contribution in [0.15, 0.2) is 35.1 Å². The molecule has 156 valence electrons. The maximum absolute atomic E-state index is 13.1. The lowest BCUT2D eigenvalue weighted by Gasteiger charge is -2.13. The average molecular weight is 421 g/mol. The molecule has 12 heteroatoms. The third kappa shape index (κ3) is 5.48. The Morgan fingerprint density at radius 2 is 1.76 bits per heavy atom. The molecule has 0 radical (unpaired) electrons. The van der Waals surface area contributed by atoms with Crippen LogP contribution in [0.1, 0.15) is 30.0 Å². The van der Waals surface area contributed by atoms with Gasteiger partial charge in [-0.3, -0.25) is 9.59 Å². The van der Waals surface area contributed by atoms with Crippen molar-refractivity contribution < 1.29 is 35.9 Å². The zero-order valence-electron chi connectivity index (χ0n) is 14.5. The summed E-state index contributed by atoms with van der Waals surface area (Å²) < 4.78 is 79.8. The van der Waals surface area contributed by atoms with E-state index in [1.165, 1.54) is 0 Å². The molecule has 29 heavy (non-hydrogen) atoms. The summed E-state index contributed by atoms with van der Waals surface area (Å²) in [6, 6.07) is 4.81. The third-order valence-corrected chi connectivity index (χ3v) is 3.96. The van der Waals surface area contributed by atoms with Crippen molar-refractivity contribution in [3.05, 3.63) is 51.9 Å². The molecule has 0 aliphatic heterocycles. The van der Waals surface area contributed by atoms with Crippen LogP contribution < -0.4 is 15.6 Å². The van der Waals surface area contributed by atoms with Gasteiger partial charge in [0, 0.05) is 11.6 Å². The first kappa shape index (κ1) is 20.7. The van der Waals surface area contributed by atoms with Crippen molar-refractivity contribution in [3.63, 3.8) is 0 Å². The van der Waals surface area contributed by atoms with Crippen molar-refractivity contribution in [2.75, 3.05) is 5.32 Å². The predicted octanol–water partition coefficient (Wildman–Crippen LogP) is 3.68. The van der Waals surface area contributed by atoms with Gasteiger partial charge < -0.3 is 10.1 Å². The van der Waals surface area contributed by atoms with Crippen molar-refractivity contribution in [1.82, 2.24) is 9.78 Å². The Labute approximate surface area is 159 Å². The first-order chi connectivity index (χ1) is 13.4. The molecule has 0 saturated heterocycles. The van der Waals surface area contributed by atoms with E-state index in [4.69, 9.17) is 0 Å². The van der Waals surface area contributed by atoms with Crippen molar-refractivity contribution in [3.8, 4) is 5.75 Å². The first-order valence-corrected chi connectivity index (χ1v) is 8.27. The van der Waals surface area contributed by atoms with Crippen LogP contribution in [0.5, 0.6) is 5.75 Å². The molecule has 1 amide bonds. The molecule has 1 fully saturated rings. The van der Waals surface area contributed by atoms with Gasteiger partial charge in [0.05, 0.1) is 5.69 Å². The Hall–Kier alpha value is -3.05. The molecule has 1 saturated carbocycles. The van der Waals surface area contributed by atoms with Gasteiger partial charge in [-0.25, -0.2) is 4.68 Å². The number of halogens is 6. The molecule has 6 nitrogen and oxygen atoms in total. The van der Waals surface area contributed by atoms with Crippen LogP contribution in [0.25, 0.3) is 0 Å². The second-order valence-corrected chi connectivity index (χ2v) is 6.34. The van der Waals surface area contributed by atoms with Gasteiger partial charge in [0.25, 0.3) is 5.56 Å². The second-order valence-electron chi connectivity index (χ2n) is 6.34. The Morgan fingerprint density at radius 1 is 1.14 bits per heavy atom. The molecular formula is C17H13F6N3O3. The molecule has 3 rings (SSSR count). The lowest BCUT2D eigenvalue weighted by molar-refractivity contribution is -0.274. The van der Waals surface area contributed by atoms with Crippen LogP contribution >= 0.6 is 0 Å². The monoisotopic (exact) mass is 421 g/mol. The fourth-order valence-electron chi connectivity index (χ4n) is 2.53. The van der Waals surface area contributed by atoms with Crippen molar-refractivity contribution >= 4 is 11.6 Å². The molecule has 0 unspecified atom stereocenters. The number of nitrogens with one attached hydrogen (secondary N) is 1. The summed E-state index contributed by atoms with van der Waals surface area (Å²) in [6.45, 7) is -0.788. The maximum Gasteiger partial charge on any atom is 0.573 e. The molecular weight excluding hydrogens is 408 g/mol. The summed E-state index contributed by atoms with van der Waals surface area (Å²) in [4.78, 5) is 24.2. The molecule has 1 N–H and O–H groups in total. The van der Waals surface area contributed by atoms with E-state index >= 15 is 0 Å². The summed E-state index contributed by atoms with van der Waals surface area (Å²) >= 11 is 0. The number of alkyl halides is 6. The highest BCUT2D eigenvalue weighted by molar-refractivity contribution is 5.90. The number of benzene rings is 1. The lowest BCUT2D eigenvalue weighted by atomic mass is 10.2. The molecule has 2 aromatic rings. The van der Waals surface area contributed by atoms with Crippen LogP contribution in [0, 0.1) is 0 Å². The van der Waals surface area contributed by atoms with Gasteiger partial charge >= 0.3 is 12.5 Å². The summed E-state index contributed by atoms with van der Waals surface area (Å²) in [7, 11) is 0. The van der Waals surface area contributed by atoms with Crippen molar-refractivity contribution in [1.29, 1.82) is 0 Å². The smallest absolute Gasteiger partial charge is 0.406 e. The van der Waals surface area contributed by atoms with E-state index in [0.29, 0.717) is 23.6 Å². The zero-order chi connectivity index (χ0) is 21.4. The number of carbonyl (C=O) groups is 1. The Kier molecular flexibility index (Phi) is 5.28.